The van der Waals surface area contributed by atoms with E-state index in [2.05, 4.69) is 10.6 Å². The van der Waals surface area contributed by atoms with E-state index < -0.39 is 20.7 Å². The SMILES string of the molecule is O=C(CNc1ccc(F)c(S(=O)(=O)N2CCOCC2)c1)Nc1ccccc1Cl. The Hall–Kier alpha value is -2.20. The van der Waals surface area contributed by atoms with Gasteiger partial charge in [-0.25, -0.2) is 12.8 Å². The minimum Gasteiger partial charge on any atom is -0.379 e. The molecule has 0 radical (unpaired) electrons. The van der Waals surface area contributed by atoms with E-state index in [1.54, 1.807) is 24.3 Å². The lowest BCUT2D eigenvalue weighted by atomic mass is 10.3. The molecule has 3 rings (SSSR count). The number of morpholine rings is 1. The highest BCUT2D eigenvalue weighted by molar-refractivity contribution is 7.89. The first-order chi connectivity index (χ1) is 13.4. The number of hydrogen-bond acceptors (Lipinski definition) is 5. The van der Waals surface area contributed by atoms with Gasteiger partial charge in [0.15, 0.2) is 0 Å². The second-order valence-electron chi connectivity index (χ2n) is 6.04. The monoisotopic (exact) mass is 427 g/mol. The molecule has 1 aliphatic rings. The van der Waals surface area contributed by atoms with Crippen LogP contribution in [0.3, 0.4) is 0 Å². The maximum absolute atomic E-state index is 14.2. The first-order valence-corrected chi connectivity index (χ1v) is 10.4. The number of anilines is 2. The second kappa shape index (κ2) is 8.87. The largest absolute Gasteiger partial charge is 0.379 e. The Balaban J connectivity index is 1.69. The lowest BCUT2D eigenvalue weighted by Crippen LogP contribution is -2.40. The van der Waals surface area contributed by atoms with E-state index in [0.717, 1.165) is 6.07 Å². The molecule has 1 fully saturated rings. The van der Waals surface area contributed by atoms with Gasteiger partial charge >= 0.3 is 0 Å². The molecule has 2 N–H and O–H groups in total. The molecule has 10 heteroatoms. The molecule has 150 valence electrons. The van der Waals surface area contributed by atoms with Gasteiger partial charge < -0.3 is 15.4 Å². The Morgan fingerprint density at radius 1 is 1.18 bits per heavy atom. The van der Waals surface area contributed by atoms with Crippen LogP contribution in [0.1, 0.15) is 0 Å². The maximum Gasteiger partial charge on any atom is 0.246 e. The quantitative estimate of drug-likeness (QED) is 0.739. The zero-order valence-electron chi connectivity index (χ0n) is 14.8. The van der Waals surface area contributed by atoms with Crippen LogP contribution in [-0.2, 0) is 19.6 Å². The topological polar surface area (TPSA) is 87.7 Å². The van der Waals surface area contributed by atoms with E-state index in [-0.39, 0.29) is 38.8 Å². The third kappa shape index (κ3) is 4.79. The van der Waals surface area contributed by atoms with Gasteiger partial charge in [0.1, 0.15) is 10.7 Å². The summed E-state index contributed by atoms with van der Waals surface area (Å²) in [4.78, 5) is 11.6. The molecule has 2 aromatic rings. The summed E-state index contributed by atoms with van der Waals surface area (Å²) in [7, 11) is -3.99. The number of nitrogens with zero attached hydrogens (tertiary/aromatic N) is 1. The first kappa shape index (κ1) is 20.5. The molecule has 1 heterocycles. The number of hydrogen-bond donors (Lipinski definition) is 2. The molecule has 0 atom stereocenters. The standard InChI is InChI=1S/C18H19ClFN3O4S/c19-14-3-1-2-4-16(14)22-18(24)12-21-13-5-6-15(20)17(11-13)28(25,26)23-7-9-27-10-8-23/h1-6,11,21H,7-10,12H2,(H,22,24). The van der Waals surface area contributed by atoms with E-state index in [1.807, 2.05) is 0 Å². The normalized spacial score (nSPS) is 15.2. The molecule has 0 unspecified atom stereocenters. The van der Waals surface area contributed by atoms with E-state index in [4.69, 9.17) is 16.3 Å². The molecule has 2 aromatic carbocycles. The fourth-order valence-electron chi connectivity index (χ4n) is 2.68. The summed E-state index contributed by atoms with van der Waals surface area (Å²) in [5.74, 6) is -1.23. The Morgan fingerprint density at radius 3 is 2.61 bits per heavy atom. The van der Waals surface area contributed by atoms with Crippen molar-refractivity contribution in [3.05, 3.63) is 53.3 Å². The highest BCUT2D eigenvalue weighted by Gasteiger charge is 2.29. The van der Waals surface area contributed by atoms with Crippen molar-refractivity contribution in [1.82, 2.24) is 4.31 Å². The maximum atomic E-state index is 14.2. The van der Waals surface area contributed by atoms with Gasteiger partial charge in [-0.3, -0.25) is 4.79 Å². The van der Waals surface area contributed by atoms with E-state index >= 15 is 0 Å². The van der Waals surface area contributed by atoms with Gasteiger partial charge in [0.25, 0.3) is 0 Å². The molecule has 0 spiro atoms. The Bertz CT molecular complexity index is 965. The smallest absolute Gasteiger partial charge is 0.246 e. The molecule has 1 aliphatic heterocycles. The minimum atomic E-state index is -3.99. The van der Waals surface area contributed by atoms with Crippen LogP contribution in [0, 0.1) is 5.82 Å². The van der Waals surface area contributed by atoms with E-state index in [0.29, 0.717) is 16.4 Å². The average Bonchev–Trinajstić information content (AvgIpc) is 2.69. The van der Waals surface area contributed by atoms with Crippen LogP contribution < -0.4 is 10.6 Å². The number of ether oxygens (including phenoxy) is 1. The lowest BCUT2D eigenvalue weighted by Gasteiger charge is -2.26. The van der Waals surface area contributed by atoms with E-state index in [1.165, 1.54) is 16.4 Å². The number of nitrogens with one attached hydrogen (secondary N) is 2. The Kier molecular flexibility index (Phi) is 6.50. The van der Waals surface area contributed by atoms with E-state index in [9.17, 15) is 17.6 Å². The minimum absolute atomic E-state index is 0.145. The zero-order chi connectivity index (χ0) is 20.1. The molecule has 1 amide bonds. The van der Waals surface area contributed by atoms with Crippen LogP contribution in [0.15, 0.2) is 47.4 Å². The van der Waals surface area contributed by atoms with Gasteiger partial charge in [0.05, 0.1) is 30.5 Å². The fourth-order valence-corrected chi connectivity index (χ4v) is 4.36. The van der Waals surface area contributed by atoms with Crippen LogP contribution >= 0.6 is 11.6 Å². The molecule has 0 aliphatic carbocycles. The summed E-state index contributed by atoms with van der Waals surface area (Å²) in [6, 6.07) is 10.4. The number of benzene rings is 2. The molecule has 28 heavy (non-hydrogen) atoms. The number of carbonyl (C=O) groups is 1. The van der Waals surface area contributed by atoms with Crippen molar-refractivity contribution in [2.24, 2.45) is 0 Å². The highest BCUT2D eigenvalue weighted by atomic mass is 35.5. The van der Waals surface area contributed by atoms with Crippen molar-refractivity contribution in [2.75, 3.05) is 43.5 Å². The summed E-state index contributed by atoms with van der Waals surface area (Å²) in [6.07, 6.45) is 0. The van der Waals surface area contributed by atoms with Gasteiger partial charge in [-0.05, 0) is 30.3 Å². The van der Waals surface area contributed by atoms with Gasteiger partial charge in [0, 0.05) is 18.8 Å². The van der Waals surface area contributed by atoms with Crippen molar-refractivity contribution in [2.45, 2.75) is 4.90 Å². The van der Waals surface area contributed by atoms with Crippen LogP contribution in [-0.4, -0.2) is 51.5 Å². The molecule has 0 saturated carbocycles. The molecule has 0 aromatic heterocycles. The van der Waals surface area contributed by atoms with Crippen LogP contribution in [0.2, 0.25) is 5.02 Å². The third-order valence-corrected chi connectivity index (χ3v) is 6.36. The van der Waals surface area contributed by atoms with Crippen molar-refractivity contribution in [3.63, 3.8) is 0 Å². The van der Waals surface area contributed by atoms with Crippen molar-refractivity contribution < 1.29 is 22.3 Å². The molecular formula is C18H19ClFN3O4S. The van der Waals surface area contributed by atoms with Gasteiger partial charge in [0.2, 0.25) is 15.9 Å². The average molecular weight is 428 g/mol. The van der Waals surface area contributed by atoms with Crippen LogP contribution in [0.25, 0.3) is 0 Å². The number of carbonyl (C=O) groups excluding carboxylic acids is 1. The third-order valence-electron chi connectivity index (χ3n) is 4.12. The van der Waals surface area contributed by atoms with Crippen LogP contribution in [0.5, 0.6) is 0 Å². The summed E-state index contributed by atoms with van der Waals surface area (Å²) in [5, 5.41) is 5.84. The lowest BCUT2D eigenvalue weighted by molar-refractivity contribution is -0.114. The second-order valence-corrected chi connectivity index (χ2v) is 8.36. The fraction of sp³-hybridized carbons (Fsp3) is 0.278. The van der Waals surface area contributed by atoms with Crippen molar-refractivity contribution in [1.29, 1.82) is 0 Å². The predicted molar refractivity (Wildman–Crippen MR) is 105 cm³/mol. The number of para-hydroxylation sites is 1. The molecular weight excluding hydrogens is 409 g/mol. The molecule has 1 saturated heterocycles. The first-order valence-electron chi connectivity index (χ1n) is 8.53. The summed E-state index contributed by atoms with van der Waals surface area (Å²) < 4.78 is 45.9. The predicted octanol–water partition coefficient (Wildman–Crippen LogP) is 2.55. The molecule has 0 bridgehead atoms. The number of amides is 1. The van der Waals surface area contributed by atoms with Gasteiger partial charge in [-0.1, -0.05) is 23.7 Å². The van der Waals surface area contributed by atoms with Crippen LogP contribution in [0.4, 0.5) is 15.8 Å². The van der Waals surface area contributed by atoms with Gasteiger partial charge in [-0.2, -0.15) is 4.31 Å². The highest BCUT2D eigenvalue weighted by Crippen LogP contribution is 2.24. The summed E-state index contributed by atoms with van der Waals surface area (Å²) in [6.45, 7) is 0.718. The Morgan fingerprint density at radius 2 is 1.89 bits per heavy atom. The van der Waals surface area contributed by atoms with Gasteiger partial charge in [-0.15, -0.1) is 0 Å². The number of halogens is 2. The van der Waals surface area contributed by atoms with Crippen molar-refractivity contribution >= 4 is 38.9 Å². The number of sulfonamides is 1. The Labute approximate surface area is 167 Å². The zero-order valence-corrected chi connectivity index (χ0v) is 16.4. The summed E-state index contributed by atoms with van der Waals surface area (Å²) >= 11 is 5.99. The summed E-state index contributed by atoms with van der Waals surface area (Å²) in [5.41, 5.74) is 0.771. The molecule has 7 nitrogen and oxygen atoms in total. The number of rotatable bonds is 6. The van der Waals surface area contributed by atoms with Crippen molar-refractivity contribution in [3.8, 4) is 0 Å².